The van der Waals surface area contributed by atoms with Gasteiger partial charge in [0, 0.05) is 5.56 Å². The van der Waals surface area contributed by atoms with E-state index in [1.54, 1.807) is 6.07 Å². The molecule has 2 rings (SSSR count). The summed E-state index contributed by atoms with van der Waals surface area (Å²) in [5, 5.41) is 8.66. The number of hydrogen-bond acceptors (Lipinski definition) is 3. The SMILES string of the molecule is N#Cc1ccc(OC(=O)c2ccc(C(F)(F)C(F)(F)C(F)(C(F)(F)F)C(F)(F)F)cc2)cc1. The maximum absolute atomic E-state index is 14.1. The third-order valence-electron chi connectivity index (χ3n) is 4.29. The molecule has 0 heterocycles. The van der Waals surface area contributed by atoms with E-state index < -0.39 is 47.0 Å². The average Bonchev–Trinajstić information content (AvgIpc) is 2.71. The van der Waals surface area contributed by atoms with E-state index in [-0.39, 0.29) is 23.4 Å². The average molecular weight is 491 g/mol. The number of esters is 1. The van der Waals surface area contributed by atoms with E-state index in [2.05, 4.69) is 0 Å². The van der Waals surface area contributed by atoms with Gasteiger partial charge in [-0.2, -0.15) is 49.2 Å². The molecular formula is C19H8F11NO2. The van der Waals surface area contributed by atoms with Crippen molar-refractivity contribution in [1.29, 1.82) is 5.26 Å². The van der Waals surface area contributed by atoms with Crippen LogP contribution in [0.1, 0.15) is 21.5 Å². The van der Waals surface area contributed by atoms with E-state index in [1.165, 1.54) is 12.1 Å². The van der Waals surface area contributed by atoms with Crippen LogP contribution in [0.25, 0.3) is 0 Å². The lowest BCUT2D eigenvalue weighted by Gasteiger charge is -2.39. The van der Waals surface area contributed by atoms with Crippen LogP contribution >= 0.6 is 0 Å². The zero-order valence-corrected chi connectivity index (χ0v) is 15.5. The highest BCUT2D eigenvalue weighted by Crippen LogP contribution is 2.61. The molecule has 0 aliphatic heterocycles. The number of rotatable bonds is 5. The van der Waals surface area contributed by atoms with Gasteiger partial charge in [-0.3, -0.25) is 0 Å². The van der Waals surface area contributed by atoms with E-state index in [4.69, 9.17) is 10.00 Å². The summed E-state index contributed by atoms with van der Waals surface area (Å²) in [6, 6.07) is 7.11. The Bertz CT molecular complexity index is 1040. The maximum atomic E-state index is 14.1. The number of hydrogen-bond donors (Lipinski definition) is 0. The predicted octanol–water partition coefficient (Wildman–Crippen LogP) is 6.34. The fourth-order valence-corrected chi connectivity index (χ4v) is 2.49. The molecule has 0 aliphatic rings. The fourth-order valence-electron chi connectivity index (χ4n) is 2.49. The fraction of sp³-hybridized carbons (Fsp3) is 0.263. The molecule has 0 aliphatic carbocycles. The molecule has 2 aromatic carbocycles. The van der Waals surface area contributed by atoms with Crippen molar-refractivity contribution < 1.29 is 57.8 Å². The van der Waals surface area contributed by atoms with Gasteiger partial charge in [-0.1, -0.05) is 12.1 Å². The number of benzene rings is 2. The van der Waals surface area contributed by atoms with E-state index in [0.717, 1.165) is 12.1 Å². The number of carbonyl (C=O) groups is 1. The zero-order valence-electron chi connectivity index (χ0n) is 15.5. The number of ether oxygens (including phenoxy) is 1. The Labute approximate surface area is 177 Å². The van der Waals surface area contributed by atoms with Gasteiger partial charge in [0.2, 0.25) is 0 Å². The highest BCUT2D eigenvalue weighted by molar-refractivity contribution is 5.91. The highest BCUT2D eigenvalue weighted by Gasteiger charge is 2.90. The van der Waals surface area contributed by atoms with Crippen molar-refractivity contribution in [2.75, 3.05) is 0 Å². The van der Waals surface area contributed by atoms with Crippen molar-refractivity contribution in [1.82, 2.24) is 0 Å². The van der Waals surface area contributed by atoms with E-state index >= 15 is 0 Å². The van der Waals surface area contributed by atoms with Gasteiger partial charge in [-0.05, 0) is 36.4 Å². The van der Waals surface area contributed by atoms with Crippen molar-refractivity contribution in [3.8, 4) is 11.8 Å². The van der Waals surface area contributed by atoms with Gasteiger partial charge >= 0.3 is 35.8 Å². The van der Waals surface area contributed by atoms with Crippen molar-refractivity contribution in [3.05, 3.63) is 65.2 Å². The van der Waals surface area contributed by atoms with Crippen LogP contribution in [0.2, 0.25) is 0 Å². The predicted molar refractivity (Wildman–Crippen MR) is 87.3 cm³/mol. The molecule has 0 aromatic heterocycles. The Hall–Kier alpha value is -3.37. The molecule has 0 unspecified atom stereocenters. The monoisotopic (exact) mass is 491 g/mol. The molecule has 0 bridgehead atoms. The van der Waals surface area contributed by atoms with E-state index in [1.807, 2.05) is 0 Å². The summed E-state index contributed by atoms with van der Waals surface area (Å²) < 4.78 is 150. The first-order valence-electron chi connectivity index (χ1n) is 8.31. The minimum Gasteiger partial charge on any atom is -0.423 e. The van der Waals surface area contributed by atoms with Crippen molar-refractivity contribution in [3.63, 3.8) is 0 Å². The molecule has 0 atom stereocenters. The van der Waals surface area contributed by atoms with Gasteiger partial charge in [0.1, 0.15) is 5.75 Å². The maximum Gasteiger partial charge on any atom is 0.438 e. The first-order chi connectivity index (χ1) is 14.9. The van der Waals surface area contributed by atoms with Crippen LogP contribution in [0.5, 0.6) is 5.75 Å². The van der Waals surface area contributed by atoms with Gasteiger partial charge in [-0.15, -0.1) is 0 Å². The van der Waals surface area contributed by atoms with Crippen LogP contribution in [0, 0.1) is 11.3 Å². The van der Waals surface area contributed by atoms with Crippen LogP contribution in [0.3, 0.4) is 0 Å². The number of carbonyl (C=O) groups excluding carboxylic acids is 1. The highest BCUT2D eigenvalue weighted by atomic mass is 19.4. The Morgan fingerprint density at radius 3 is 1.58 bits per heavy atom. The normalized spacial score (nSPS) is 13.4. The number of halogens is 11. The summed E-state index contributed by atoms with van der Waals surface area (Å²) in [4.78, 5) is 12.0. The summed E-state index contributed by atoms with van der Waals surface area (Å²) in [5.74, 6) is -15.0. The van der Waals surface area contributed by atoms with Crippen molar-refractivity contribution in [2.45, 2.75) is 29.9 Å². The number of nitrogens with zero attached hydrogens (tertiary/aromatic N) is 1. The van der Waals surface area contributed by atoms with Gasteiger partial charge in [-0.25, -0.2) is 9.18 Å². The Balaban J connectivity index is 2.38. The number of alkyl halides is 11. The minimum atomic E-state index is -7.58. The topological polar surface area (TPSA) is 50.1 Å². The lowest BCUT2D eigenvalue weighted by atomic mass is 9.87. The van der Waals surface area contributed by atoms with Gasteiger partial charge in [0.15, 0.2) is 0 Å². The third kappa shape index (κ3) is 4.31. The van der Waals surface area contributed by atoms with E-state index in [9.17, 15) is 53.1 Å². The third-order valence-corrected chi connectivity index (χ3v) is 4.29. The summed E-state index contributed by atoms with van der Waals surface area (Å²) in [5.41, 5.74) is -10.1. The van der Waals surface area contributed by atoms with Crippen LogP contribution in [-0.4, -0.2) is 29.9 Å². The van der Waals surface area contributed by atoms with Gasteiger partial charge < -0.3 is 4.74 Å². The molecule has 0 radical (unpaired) electrons. The molecule has 0 saturated carbocycles. The molecule has 0 saturated heterocycles. The van der Waals surface area contributed by atoms with Crippen LogP contribution in [0.15, 0.2) is 48.5 Å². The van der Waals surface area contributed by atoms with Gasteiger partial charge in [0.05, 0.1) is 17.2 Å². The molecule has 33 heavy (non-hydrogen) atoms. The largest absolute Gasteiger partial charge is 0.438 e. The lowest BCUT2D eigenvalue weighted by Crippen LogP contribution is -2.69. The standard InChI is InChI=1S/C19H8F11NO2/c20-15(21,17(23,24)16(22,18(25,26)27)19(28,29)30)12-5-3-11(4-6-12)14(32)33-13-7-1-10(9-31)2-8-13/h1-8H. The van der Waals surface area contributed by atoms with Gasteiger partial charge in [0.25, 0.3) is 0 Å². The Morgan fingerprint density at radius 2 is 1.18 bits per heavy atom. The summed E-state index contributed by atoms with van der Waals surface area (Å²) in [6.07, 6.45) is -14.9. The zero-order chi connectivity index (χ0) is 25.5. The minimum absolute atomic E-state index is 0.0730. The van der Waals surface area contributed by atoms with Crippen molar-refractivity contribution >= 4 is 5.97 Å². The second-order valence-electron chi connectivity index (χ2n) is 6.41. The first-order valence-corrected chi connectivity index (χ1v) is 8.31. The van der Waals surface area contributed by atoms with Crippen LogP contribution in [-0.2, 0) is 5.92 Å². The first kappa shape index (κ1) is 25.9. The molecule has 0 N–H and O–H groups in total. The molecule has 14 heteroatoms. The van der Waals surface area contributed by atoms with Crippen LogP contribution < -0.4 is 4.74 Å². The second-order valence-corrected chi connectivity index (χ2v) is 6.41. The molecule has 3 nitrogen and oxygen atoms in total. The molecular weight excluding hydrogens is 483 g/mol. The van der Waals surface area contributed by atoms with Crippen molar-refractivity contribution in [2.24, 2.45) is 0 Å². The Kier molecular flexibility index (Phi) is 6.43. The summed E-state index contributed by atoms with van der Waals surface area (Å²) in [6.45, 7) is 0. The lowest BCUT2D eigenvalue weighted by molar-refractivity contribution is -0.429. The molecule has 2 aromatic rings. The number of nitriles is 1. The molecule has 0 spiro atoms. The smallest absolute Gasteiger partial charge is 0.423 e. The quantitative estimate of drug-likeness (QED) is 0.279. The molecule has 0 fully saturated rings. The van der Waals surface area contributed by atoms with E-state index in [0.29, 0.717) is 12.1 Å². The second kappa shape index (κ2) is 8.20. The Morgan fingerprint density at radius 1 is 0.727 bits per heavy atom. The summed E-state index contributed by atoms with van der Waals surface area (Å²) >= 11 is 0. The molecule has 0 amide bonds. The molecule has 178 valence electrons. The summed E-state index contributed by atoms with van der Waals surface area (Å²) in [7, 11) is 0. The van der Waals surface area contributed by atoms with Crippen LogP contribution in [0.4, 0.5) is 48.3 Å².